The summed E-state index contributed by atoms with van der Waals surface area (Å²) in [7, 11) is 0. The lowest BCUT2D eigenvalue weighted by molar-refractivity contribution is -0.123. The third-order valence-electron chi connectivity index (χ3n) is 6.00. The van der Waals surface area contributed by atoms with Crippen LogP contribution in [0.3, 0.4) is 0 Å². The van der Waals surface area contributed by atoms with Gasteiger partial charge in [-0.15, -0.1) is 12.4 Å². The van der Waals surface area contributed by atoms with Crippen LogP contribution in [-0.2, 0) is 10.2 Å². The number of carbonyl (C=O) groups excluding carboxylic acids is 1. The molecule has 1 amide bonds. The lowest BCUT2D eigenvalue weighted by Crippen LogP contribution is -2.36. The van der Waals surface area contributed by atoms with E-state index in [9.17, 15) is 9.18 Å². The van der Waals surface area contributed by atoms with E-state index in [1.54, 1.807) is 12.1 Å². The Morgan fingerprint density at radius 3 is 2.65 bits per heavy atom. The molecule has 0 bridgehead atoms. The highest BCUT2D eigenvalue weighted by atomic mass is 35.5. The van der Waals surface area contributed by atoms with E-state index in [0.717, 1.165) is 50.8 Å². The average Bonchev–Trinajstić information content (AvgIpc) is 3.43. The Morgan fingerprint density at radius 1 is 1.26 bits per heavy atom. The van der Waals surface area contributed by atoms with Crippen LogP contribution in [0, 0.1) is 17.2 Å². The van der Waals surface area contributed by atoms with Gasteiger partial charge in [-0.2, -0.15) is 0 Å². The Hall–Kier alpha value is -1.13. The number of hydrogen-bond acceptors (Lipinski definition) is 2. The number of amides is 1. The van der Waals surface area contributed by atoms with E-state index in [1.165, 1.54) is 6.07 Å². The molecule has 1 atom stereocenters. The molecular formula is C18H24ClFN2O. The first-order valence-electron chi connectivity index (χ1n) is 8.38. The summed E-state index contributed by atoms with van der Waals surface area (Å²) in [6.45, 7) is 2.73. The predicted octanol–water partition coefficient (Wildman–Crippen LogP) is 2.79. The van der Waals surface area contributed by atoms with Crippen molar-refractivity contribution in [1.29, 1.82) is 0 Å². The summed E-state index contributed by atoms with van der Waals surface area (Å²) in [5.74, 6) is 0.230. The third kappa shape index (κ3) is 3.11. The monoisotopic (exact) mass is 338 g/mol. The SMILES string of the molecule is Cl.O=C(NCC1(c2cccc(F)c2)CC1)C1CC12CCNCC2. The largest absolute Gasteiger partial charge is 0.355 e. The number of carbonyl (C=O) groups is 1. The van der Waals surface area contributed by atoms with Crippen molar-refractivity contribution in [3.05, 3.63) is 35.6 Å². The summed E-state index contributed by atoms with van der Waals surface area (Å²) >= 11 is 0. The van der Waals surface area contributed by atoms with Crippen molar-refractivity contribution in [1.82, 2.24) is 10.6 Å². The molecule has 3 aliphatic rings. The molecule has 1 heterocycles. The van der Waals surface area contributed by atoms with Gasteiger partial charge in [0.15, 0.2) is 0 Å². The molecule has 5 heteroatoms. The first-order chi connectivity index (χ1) is 10.6. The van der Waals surface area contributed by atoms with Crippen molar-refractivity contribution >= 4 is 18.3 Å². The zero-order chi connectivity index (χ0) is 15.2. The first-order valence-corrected chi connectivity index (χ1v) is 8.38. The van der Waals surface area contributed by atoms with Gasteiger partial charge in [-0.3, -0.25) is 4.79 Å². The Kier molecular flexibility index (Phi) is 4.41. The number of piperidine rings is 1. The zero-order valence-corrected chi connectivity index (χ0v) is 14.1. The molecule has 1 unspecified atom stereocenters. The topological polar surface area (TPSA) is 41.1 Å². The summed E-state index contributed by atoms with van der Waals surface area (Å²) in [5, 5.41) is 6.52. The molecule has 23 heavy (non-hydrogen) atoms. The molecule has 3 nitrogen and oxygen atoms in total. The van der Waals surface area contributed by atoms with Crippen LogP contribution in [0.2, 0.25) is 0 Å². The standard InChI is InChI=1S/C18H23FN2O.ClH/c19-14-3-1-2-13(10-14)18(4-5-18)12-21-16(22)15-11-17(15)6-8-20-9-7-17;/h1-3,10,15,20H,4-9,11-12H2,(H,21,22);1H. The molecule has 2 saturated carbocycles. The first kappa shape index (κ1) is 16.7. The molecule has 2 aliphatic carbocycles. The van der Waals surface area contributed by atoms with Crippen molar-refractivity contribution in [3.8, 4) is 0 Å². The average molecular weight is 339 g/mol. The quantitative estimate of drug-likeness (QED) is 0.886. The Bertz CT molecular complexity index is 596. The highest BCUT2D eigenvalue weighted by molar-refractivity contribution is 5.85. The minimum Gasteiger partial charge on any atom is -0.355 e. The van der Waals surface area contributed by atoms with Crippen LogP contribution in [0.4, 0.5) is 4.39 Å². The number of halogens is 2. The van der Waals surface area contributed by atoms with Gasteiger partial charge >= 0.3 is 0 Å². The van der Waals surface area contributed by atoms with E-state index < -0.39 is 0 Å². The van der Waals surface area contributed by atoms with E-state index in [0.29, 0.717) is 6.54 Å². The summed E-state index contributed by atoms with van der Waals surface area (Å²) < 4.78 is 13.4. The fourth-order valence-electron chi connectivity index (χ4n) is 4.11. The van der Waals surface area contributed by atoms with E-state index >= 15 is 0 Å². The number of benzene rings is 1. The van der Waals surface area contributed by atoms with Crippen molar-refractivity contribution in [3.63, 3.8) is 0 Å². The molecule has 0 aromatic heterocycles. The maximum absolute atomic E-state index is 13.4. The van der Waals surface area contributed by atoms with Crippen molar-refractivity contribution < 1.29 is 9.18 Å². The number of hydrogen-bond donors (Lipinski definition) is 2. The molecule has 1 spiro atoms. The second kappa shape index (κ2) is 6.06. The minimum absolute atomic E-state index is 0. The molecule has 3 fully saturated rings. The molecule has 1 aliphatic heterocycles. The smallest absolute Gasteiger partial charge is 0.223 e. The van der Waals surface area contributed by atoms with Gasteiger partial charge in [0.05, 0.1) is 0 Å². The molecular weight excluding hydrogens is 315 g/mol. The summed E-state index contributed by atoms with van der Waals surface area (Å²) in [6, 6.07) is 6.83. The van der Waals surface area contributed by atoms with Crippen molar-refractivity contribution in [2.45, 2.75) is 37.5 Å². The predicted molar refractivity (Wildman–Crippen MR) is 90.2 cm³/mol. The van der Waals surface area contributed by atoms with Gasteiger partial charge in [-0.1, -0.05) is 12.1 Å². The van der Waals surface area contributed by atoms with E-state index in [4.69, 9.17) is 0 Å². The lowest BCUT2D eigenvalue weighted by Gasteiger charge is -2.23. The van der Waals surface area contributed by atoms with Crippen LogP contribution < -0.4 is 10.6 Å². The Morgan fingerprint density at radius 2 is 2.00 bits per heavy atom. The third-order valence-corrected chi connectivity index (χ3v) is 6.00. The van der Waals surface area contributed by atoms with Gasteiger partial charge in [0.25, 0.3) is 0 Å². The summed E-state index contributed by atoms with van der Waals surface area (Å²) in [4.78, 5) is 12.4. The second-order valence-electron chi connectivity index (χ2n) is 7.38. The van der Waals surface area contributed by atoms with Crippen LogP contribution in [-0.4, -0.2) is 25.5 Å². The molecule has 126 valence electrons. The van der Waals surface area contributed by atoms with E-state index in [-0.39, 0.29) is 40.9 Å². The van der Waals surface area contributed by atoms with Crippen LogP contribution in [0.1, 0.15) is 37.7 Å². The Labute approximate surface area is 142 Å². The fraction of sp³-hybridized carbons (Fsp3) is 0.611. The fourth-order valence-corrected chi connectivity index (χ4v) is 4.11. The van der Waals surface area contributed by atoms with Crippen LogP contribution >= 0.6 is 12.4 Å². The van der Waals surface area contributed by atoms with Gasteiger partial charge in [0.1, 0.15) is 5.82 Å². The number of nitrogens with one attached hydrogen (secondary N) is 2. The van der Waals surface area contributed by atoms with Crippen LogP contribution in [0.15, 0.2) is 24.3 Å². The number of rotatable bonds is 4. The van der Waals surface area contributed by atoms with Gasteiger partial charge < -0.3 is 10.6 Å². The summed E-state index contributed by atoms with van der Waals surface area (Å²) in [5.41, 5.74) is 1.29. The van der Waals surface area contributed by atoms with Gasteiger partial charge in [0.2, 0.25) is 5.91 Å². The zero-order valence-electron chi connectivity index (χ0n) is 13.2. The highest BCUT2D eigenvalue weighted by Crippen LogP contribution is 2.58. The van der Waals surface area contributed by atoms with Crippen LogP contribution in [0.25, 0.3) is 0 Å². The highest BCUT2D eigenvalue weighted by Gasteiger charge is 2.58. The molecule has 4 rings (SSSR count). The maximum Gasteiger partial charge on any atom is 0.223 e. The van der Waals surface area contributed by atoms with Gasteiger partial charge in [-0.05, 0) is 68.3 Å². The van der Waals surface area contributed by atoms with Crippen molar-refractivity contribution in [2.24, 2.45) is 11.3 Å². The Balaban J connectivity index is 0.00000156. The maximum atomic E-state index is 13.4. The molecule has 1 aromatic rings. The van der Waals surface area contributed by atoms with Crippen LogP contribution in [0.5, 0.6) is 0 Å². The molecule has 1 aromatic carbocycles. The van der Waals surface area contributed by atoms with Crippen molar-refractivity contribution in [2.75, 3.05) is 19.6 Å². The molecule has 2 N–H and O–H groups in total. The van der Waals surface area contributed by atoms with Gasteiger partial charge in [0, 0.05) is 17.9 Å². The van der Waals surface area contributed by atoms with E-state index in [1.807, 2.05) is 6.07 Å². The summed E-state index contributed by atoms with van der Waals surface area (Å²) in [6.07, 6.45) is 5.38. The molecule has 0 radical (unpaired) electrons. The lowest BCUT2D eigenvalue weighted by atomic mass is 9.91. The minimum atomic E-state index is -0.189. The second-order valence-corrected chi connectivity index (χ2v) is 7.38. The molecule has 1 saturated heterocycles. The van der Waals surface area contributed by atoms with Gasteiger partial charge in [-0.25, -0.2) is 4.39 Å². The van der Waals surface area contributed by atoms with E-state index in [2.05, 4.69) is 10.6 Å². The normalized spacial score (nSPS) is 26.2.